The van der Waals surface area contributed by atoms with Crippen LogP contribution in [0.15, 0.2) is 46.9 Å². The Kier molecular flexibility index (Phi) is 4.17. The van der Waals surface area contributed by atoms with Crippen LogP contribution in [-0.4, -0.2) is 18.4 Å². The van der Waals surface area contributed by atoms with Crippen molar-refractivity contribution in [1.29, 1.82) is 0 Å². The minimum absolute atomic E-state index is 0.496. The largest absolute Gasteiger partial charge is 0.496 e. The van der Waals surface area contributed by atoms with Gasteiger partial charge in [0.1, 0.15) is 17.2 Å². The van der Waals surface area contributed by atoms with Crippen LogP contribution in [0.5, 0.6) is 5.75 Å². The molecular formula is C18H14ClNO3. The fourth-order valence-corrected chi connectivity index (χ4v) is 2.46. The lowest BCUT2D eigenvalue weighted by molar-refractivity contribution is 0.112. The molecule has 23 heavy (non-hydrogen) atoms. The molecule has 0 atom stereocenters. The van der Waals surface area contributed by atoms with E-state index in [2.05, 4.69) is 4.98 Å². The number of aldehydes is 1. The van der Waals surface area contributed by atoms with E-state index in [9.17, 15) is 4.79 Å². The minimum Gasteiger partial charge on any atom is -0.496 e. The van der Waals surface area contributed by atoms with Gasteiger partial charge in [0.05, 0.1) is 12.7 Å². The van der Waals surface area contributed by atoms with Crippen LogP contribution < -0.4 is 4.74 Å². The number of rotatable bonds is 4. The molecule has 3 aromatic rings. The molecule has 0 unspecified atom stereocenters. The molecule has 0 N–H and O–H groups in total. The normalized spacial score (nSPS) is 10.6. The molecule has 5 heteroatoms. The second-order valence-electron chi connectivity index (χ2n) is 5.01. The smallest absolute Gasteiger partial charge is 0.226 e. The van der Waals surface area contributed by atoms with Gasteiger partial charge in [0.15, 0.2) is 6.29 Å². The summed E-state index contributed by atoms with van der Waals surface area (Å²) < 4.78 is 11.0. The molecule has 4 nitrogen and oxygen atoms in total. The van der Waals surface area contributed by atoms with E-state index in [0.29, 0.717) is 33.7 Å². The van der Waals surface area contributed by atoms with Crippen molar-refractivity contribution < 1.29 is 13.9 Å². The minimum atomic E-state index is 0.496. The molecule has 0 aliphatic carbocycles. The lowest BCUT2D eigenvalue weighted by atomic mass is 10.1. The number of methoxy groups -OCH3 is 1. The highest BCUT2D eigenvalue weighted by Crippen LogP contribution is 2.31. The van der Waals surface area contributed by atoms with Crippen molar-refractivity contribution in [1.82, 2.24) is 4.98 Å². The monoisotopic (exact) mass is 327 g/mol. The Morgan fingerprint density at radius 3 is 2.48 bits per heavy atom. The Labute approximate surface area is 138 Å². The standard InChI is InChI=1S/C18H14ClNO3/c1-11-17(13-3-4-14(10-21)16(9-13)22-2)20-18(23-11)12-5-7-15(19)8-6-12/h3-10H,1-2H3. The fraction of sp³-hybridized carbons (Fsp3) is 0.111. The van der Waals surface area contributed by atoms with Crippen molar-refractivity contribution in [3.8, 4) is 28.5 Å². The first-order valence-electron chi connectivity index (χ1n) is 6.99. The molecule has 3 rings (SSSR count). The van der Waals surface area contributed by atoms with Gasteiger partial charge in [-0.05, 0) is 43.3 Å². The number of benzene rings is 2. The molecule has 0 aliphatic rings. The van der Waals surface area contributed by atoms with E-state index in [1.54, 1.807) is 24.3 Å². The number of ether oxygens (including phenoxy) is 1. The highest BCUT2D eigenvalue weighted by atomic mass is 35.5. The summed E-state index contributed by atoms with van der Waals surface area (Å²) in [6.07, 6.45) is 0.761. The van der Waals surface area contributed by atoms with E-state index >= 15 is 0 Å². The maximum Gasteiger partial charge on any atom is 0.226 e. The number of hydrogen-bond donors (Lipinski definition) is 0. The van der Waals surface area contributed by atoms with E-state index in [-0.39, 0.29) is 0 Å². The van der Waals surface area contributed by atoms with Crippen molar-refractivity contribution in [3.05, 3.63) is 58.8 Å². The van der Waals surface area contributed by atoms with Gasteiger partial charge in [0.25, 0.3) is 0 Å². The summed E-state index contributed by atoms with van der Waals surface area (Å²) in [5, 5.41) is 0.659. The first-order valence-corrected chi connectivity index (χ1v) is 7.37. The number of carbonyl (C=O) groups excluding carboxylic acids is 1. The molecule has 1 aromatic heterocycles. The van der Waals surface area contributed by atoms with Gasteiger partial charge in [0.2, 0.25) is 5.89 Å². The van der Waals surface area contributed by atoms with Crippen molar-refractivity contribution in [2.75, 3.05) is 7.11 Å². The van der Waals surface area contributed by atoms with Crippen LogP contribution in [0.1, 0.15) is 16.1 Å². The van der Waals surface area contributed by atoms with Crippen LogP contribution in [0.4, 0.5) is 0 Å². The van der Waals surface area contributed by atoms with Gasteiger partial charge in [-0.25, -0.2) is 4.98 Å². The molecule has 0 bridgehead atoms. The SMILES string of the molecule is COc1cc(-c2nc(-c3ccc(Cl)cc3)oc2C)ccc1C=O. The van der Waals surface area contributed by atoms with Crippen LogP contribution in [0.3, 0.4) is 0 Å². The molecule has 116 valence electrons. The zero-order valence-electron chi connectivity index (χ0n) is 12.7. The van der Waals surface area contributed by atoms with Crippen molar-refractivity contribution in [3.63, 3.8) is 0 Å². The average Bonchev–Trinajstić information content (AvgIpc) is 2.96. The maximum absolute atomic E-state index is 11.0. The van der Waals surface area contributed by atoms with E-state index < -0.39 is 0 Å². The molecule has 0 aliphatic heterocycles. The first-order chi connectivity index (χ1) is 11.1. The van der Waals surface area contributed by atoms with Gasteiger partial charge in [0, 0.05) is 16.1 Å². The summed E-state index contributed by atoms with van der Waals surface area (Å²) in [5.74, 6) is 1.72. The Balaban J connectivity index is 2.04. The summed E-state index contributed by atoms with van der Waals surface area (Å²) in [7, 11) is 1.53. The van der Waals surface area contributed by atoms with E-state index in [0.717, 1.165) is 17.4 Å². The lowest BCUT2D eigenvalue weighted by Gasteiger charge is -2.05. The Morgan fingerprint density at radius 2 is 1.83 bits per heavy atom. The fourth-order valence-electron chi connectivity index (χ4n) is 2.34. The third-order valence-corrected chi connectivity index (χ3v) is 3.77. The molecule has 0 saturated carbocycles. The molecule has 0 radical (unpaired) electrons. The number of aromatic nitrogens is 1. The summed E-state index contributed by atoms with van der Waals surface area (Å²) in [4.78, 5) is 15.5. The Hall–Kier alpha value is -2.59. The van der Waals surface area contributed by atoms with Crippen molar-refractivity contribution >= 4 is 17.9 Å². The number of nitrogens with zero attached hydrogens (tertiary/aromatic N) is 1. The van der Waals surface area contributed by atoms with Crippen LogP contribution in [0.25, 0.3) is 22.7 Å². The van der Waals surface area contributed by atoms with Crippen LogP contribution in [0.2, 0.25) is 5.02 Å². The summed E-state index contributed by atoms with van der Waals surface area (Å²) >= 11 is 5.90. The molecule has 0 saturated heterocycles. The Morgan fingerprint density at radius 1 is 1.13 bits per heavy atom. The predicted octanol–water partition coefficient (Wildman–Crippen LogP) is 4.79. The Bertz CT molecular complexity index is 853. The van der Waals surface area contributed by atoms with E-state index in [1.807, 2.05) is 25.1 Å². The average molecular weight is 328 g/mol. The number of halogens is 1. The lowest BCUT2D eigenvalue weighted by Crippen LogP contribution is -1.91. The van der Waals surface area contributed by atoms with Crippen LogP contribution >= 0.6 is 11.6 Å². The van der Waals surface area contributed by atoms with Crippen LogP contribution in [-0.2, 0) is 0 Å². The van der Waals surface area contributed by atoms with Gasteiger partial charge in [-0.1, -0.05) is 17.7 Å². The van der Waals surface area contributed by atoms with Gasteiger partial charge >= 0.3 is 0 Å². The molecule has 2 aromatic carbocycles. The molecule has 0 fully saturated rings. The zero-order chi connectivity index (χ0) is 16.4. The van der Waals surface area contributed by atoms with Gasteiger partial charge in [-0.15, -0.1) is 0 Å². The highest BCUT2D eigenvalue weighted by molar-refractivity contribution is 6.30. The zero-order valence-corrected chi connectivity index (χ0v) is 13.4. The number of oxazole rings is 1. The van der Waals surface area contributed by atoms with Crippen molar-refractivity contribution in [2.45, 2.75) is 6.92 Å². The van der Waals surface area contributed by atoms with Crippen molar-refractivity contribution in [2.24, 2.45) is 0 Å². The molecular weight excluding hydrogens is 314 g/mol. The number of carbonyl (C=O) groups is 1. The topological polar surface area (TPSA) is 52.3 Å². The third kappa shape index (κ3) is 2.98. The third-order valence-electron chi connectivity index (χ3n) is 3.52. The maximum atomic E-state index is 11.0. The first kappa shape index (κ1) is 15.3. The molecule has 1 heterocycles. The van der Waals surface area contributed by atoms with Crippen LogP contribution in [0, 0.1) is 6.92 Å². The number of aryl methyl sites for hydroxylation is 1. The number of hydrogen-bond acceptors (Lipinski definition) is 4. The summed E-state index contributed by atoms with van der Waals surface area (Å²) in [6.45, 7) is 1.85. The van der Waals surface area contributed by atoms with Gasteiger partial charge in [-0.3, -0.25) is 4.79 Å². The highest BCUT2D eigenvalue weighted by Gasteiger charge is 2.15. The molecule has 0 spiro atoms. The van der Waals surface area contributed by atoms with Gasteiger partial charge in [-0.2, -0.15) is 0 Å². The quantitative estimate of drug-likeness (QED) is 0.646. The van der Waals surface area contributed by atoms with Gasteiger partial charge < -0.3 is 9.15 Å². The van der Waals surface area contributed by atoms with E-state index in [4.69, 9.17) is 20.8 Å². The predicted molar refractivity (Wildman–Crippen MR) is 89.1 cm³/mol. The van der Waals surface area contributed by atoms with E-state index in [1.165, 1.54) is 7.11 Å². The second-order valence-corrected chi connectivity index (χ2v) is 5.44. The molecule has 0 amide bonds. The second kappa shape index (κ2) is 6.26. The summed E-state index contributed by atoms with van der Waals surface area (Å²) in [6, 6.07) is 12.6. The summed E-state index contributed by atoms with van der Waals surface area (Å²) in [5.41, 5.74) is 2.88.